The number of nitrogens with one attached hydrogen (secondary N) is 1. The Hall–Kier alpha value is -0.120. The van der Waals surface area contributed by atoms with Gasteiger partial charge in [-0.25, -0.2) is 0 Å². The molecular weight excluding hydrogens is 174 g/mol. The van der Waals surface area contributed by atoms with Gasteiger partial charge < -0.3 is 11.1 Å². The zero-order chi connectivity index (χ0) is 10.8. The summed E-state index contributed by atoms with van der Waals surface area (Å²) < 4.78 is 0. The molecule has 14 heavy (non-hydrogen) atoms. The van der Waals surface area contributed by atoms with Gasteiger partial charge in [0, 0.05) is 37.8 Å². The Morgan fingerprint density at radius 1 is 1.50 bits per heavy atom. The van der Waals surface area contributed by atoms with E-state index in [9.17, 15) is 0 Å². The van der Waals surface area contributed by atoms with Crippen molar-refractivity contribution in [2.45, 2.75) is 39.3 Å². The fraction of sp³-hybridized carbons (Fsp3) is 1.00. The van der Waals surface area contributed by atoms with Gasteiger partial charge in [-0.3, -0.25) is 4.90 Å². The second-order valence-electron chi connectivity index (χ2n) is 5.47. The highest BCUT2D eigenvalue weighted by molar-refractivity contribution is 4.87. The van der Waals surface area contributed by atoms with Crippen LogP contribution in [0.15, 0.2) is 0 Å². The summed E-state index contributed by atoms with van der Waals surface area (Å²) in [7, 11) is 0. The van der Waals surface area contributed by atoms with E-state index in [1.54, 1.807) is 0 Å². The van der Waals surface area contributed by atoms with Gasteiger partial charge in [0.15, 0.2) is 0 Å². The fourth-order valence-electron chi connectivity index (χ4n) is 2.14. The molecule has 1 atom stereocenters. The normalized spacial score (nSPS) is 25.7. The predicted octanol–water partition coefficient (Wildman–Crippen LogP) is 0.654. The van der Waals surface area contributed by atoms with Crippen LogP contribution in [0.2, 0.25) is 0 Å². The number of hydrogen-bond donors (Lipinski definition) is 2. The molecule has 3 heteroatoms. The maximum atomic E-state index is 6.07. The van der Waals surface area contributed by atoms with Crippen molar-refractivity contribution in [2.24, 2.45) is 11.7 Å². The molecule has 1 fully saturated rings. The van der Waals surface area contributed by atoms with Crippen LogP contribution in [0.5, 0.6) is 0 Å². The minimum atomic E-state index is -0.0789. The Bertz CT molecular complexity index is 172. The van der Waals surface area contributed by atoms with Crippen molar-refractivity contribution in [2.75, 3.05) is 26.2 Å². The molecule has 0 radical (unpaired) electrons. The van der Waals surface area contributed by atoms with Gasteiger partial charge in [0.2, 0.25) is 0 Å². The summed E-state index contributed by atoms with van der Waals surface area (Å²) in [5.41, 5.74) is 5.99. The average Bonchev–Trinajstić information content (AvgIpc) is 2.01. The third kappa shape index (κ3) is 3.56. The number of nitrogens with two attached hydrogens (primary N) is 1. The number of piperazine rings is 1. The fourth-order valence-corrected chi connectivity index (χ4v) is 2.14. The van der Waals surface area contributed by atoms with E-state index in [2.05, 4.69) is 37.9 Å². The van der Waals surface area contributed by atoms with Gasteiger partial charge in [0.25, 0.3) is 0 Å². The van der Waals surface area contributed by atoms with Crippen molar-refractivity contribution in [3.63, 3.8) is 0 Å². The summed E-state index contributed by atoms with van der Waals surface area (Å²) >= 11 is 0. The summed E-state index contributed by atoms with van der Waals surface area (Å²) in [6, 6.07) is 0.645. The third-order valence-corrected chi connectivity index (χ3v) is 2.78. The van der Waals surface area contributed by atoms with Gasteiger partial charge in [0.1, 0.15) is 0 Å². The Balaban J connectivity index is 2.54. The minimum Gasteiger partial charge on any atom is -0.324 e. The minimum absolute atomic E-state index is 0.0789. The van der Waals surface area contributed by atoms with Crippen molar-refractivity contribution in [3.05, 3.63) is 0 Å². The first-order valence-corrected chi connectivity index (χ1v) is 5.64. The van der Waals surface area contributed by atoms with Gasteiger partial charge in [0.05, 0.1) is 0 Å². The predicted molar refractivity (Wildman–Crippen MR) is 61.3 cm³/mol. The maximum Gasteiger partial charge on any atom is 0.0244 e. The number of hydrogen-bond acceptors (Lipinski definition) is 3. The summed E-state index contributed by atoms with van der Waals surface area (Å²) in [6.07, 6.45) is 0. The molecule has 0 aromatic rings. The molecule has 0 aromatic carbocycles. The van der Waals surface area contributed by atoms with Crippen LogP contribution in [-0.2, 0) is 0 Å². The molecule has 1 aliphatic rings. The van der Waals surface area contributed by atoms with E-state index in [4.69, 9.17) is 5.73 Å². The Kier molecular flexibility index (Phi) is 3.93. The molecule has 1 saturated heterocycles. The van der Waals surface area contributed by atoms with Crippen LogP contribution in [0.25, 0.3) is 0 Å². The molecule has 0 spiro atoms. The molecule has 1 aliphatic heterocycles. The first-order valence-electron chi connectivity index (χ1n) is 5.64. The molecule has 3 nitrogen and oxygen atoms in total. The van der Waals surface area contributed by atoms with Crippen LogP contribution in [0.4, 0.5) is 0 Å². The lowest BCUT2D eigenvalue weighted by Crippen LogP contribution is -2.58. The summed E-state index contributed by atoms with van der Waals surface area (Å²) in [4.78, 5) is 2.53. The summed E-state index contributed by atoms with van der Waals surface area (Å²) in [5, 5.41) is 3.45. The largest absolute Gasteiger partial charge is 0.324 e. The quantitative estimate of drug-likeness (QED) is 0.701. The smallest absolute Gasteiger partial charge is 0.0244 e. The Labute approximate surface area is 88.0 Å². The Morgan fingerprint density at radius 3 is 2.64 bits per heavy atom. The Morgan fingerprint density at radius 2 is 2.14 bits per heavy atom. The van der Waals surface area contributed by atoms with E-state index in [-0.39, 0.29) is 5.54 Å². The molecule has 84 valence electrons. The van der Waals surface area contributed by atoms with Crippen molar-refractivity contribution < 1.29 is 0 Å². The van der Waals surface area contributed by atoms with Gasteiger partial charge in [-0.15, -0.1) is 0 Å². The van der Waals surface area contributed by atoms with E-state index in [1.807, 2.05) is 0 Å². The lowest BCUT2D eigenvalue weighted by atomic mass is 9.97. The summed E-state index contributed by atoms with van der Waals surface area (Å²) in [5.74, 6) is 0.699. The van der Waals surface area contributed by atoms with Crippen LogP contribution in [0.1, 0.15) is 27.7 Å². The second-order valence-corrected chi connectivity index (χ2v) is 5.47. The maximum absolute atomic E-state index is 6.07. The van der Waals surface area contributed by atoms with Crippen LogP contribution in [0, 0.1) is 5.92 Å². The van der Waals surface area contributed by atoms with Crippen molar-refractivity contribution in [1.82, 2.24) is 10.2 Å². The zero-order valence-corrected chi connectivity index (χ0v) is 10.0. The van der Waals surface area contributed by atoms with E-state index < -0.39 is 0 Å². The van der Waals surface area contributed by atoms with Gasteiger partial charge in [-0.1, -0.05) is 13.8 Å². The topological polar surface area (TPSA) is 41.3 Å². The first-order chi connectivity index (χ1) is 6.40. The third-order valence-electron chi connectivity index (χ3n) is 2.78. The average molecular weight is 199 g/mol. The van der Waals surface area contributed by atoms with Crippen LogP contribution >= 0.6 is 0 Å². The highest BCUT2D eigenvalue weighted by Crippen LogP contribution is 2.15. The highest BCUT2D eigenvalue weighted by atomic mass is 15.2. The van der Waals surface area contributed by atoms with Gasteiger partial charge in [-0.2, -0.15) is 0 Å². The van der Waals surface area contributed by atoms with E-state index in [0.717, 1.165) is 26.2 Å². The van der Waals surface area contributed by atoms with E-state index >= 15 is 0 Å². The molecule has 1 unspecified atom stereocenters. The van der Waals surface area contributed by atoms with Crippen molar-refractivity contribution >= 4 is 0 Å². The van der Waals surface area contributed by atoms with E-state index in [0.29, 0.717) is 12.0 Å². The number of nitrogens with zero attached hydrogens (tertiary/aromatic N) is 1. The standard InChI is InChI=1S/C11H25N3/c1-9(2)10-7-13-5-6-14(10)8-11(3,4)12/h9-10,13H,5-8,12H2,1-4H3. The van der Waals surface area contributed by atoms with Crippen LogP contribution < -0.4 is 11.1 Å². The number of rotatable bonds is 3. The van der Waals surface area contributed by atoms with Crippen molar-refractivity contribution in [3.8, 4) is 0 Å². The lowest BCUT2D eigenvalue weighted by Gasteiger charge is -2.41. The highest BCUT2D eigenvalue weighted by Gasteiger charge is 2.27. The molecule has 0 bridgehead atoms. The molecule has 3 N–H and O–H groups in total. The monoisotopic (exact) mass is 199 g/mol. The van der Waals surface area contributed by atoms with Gasteiger partial charge >= 0.3 is 0 Å². The first kappa shape index (κ1) is 12.0. The SMILES string of the molecule is CC(C)C1CNCCN1CC(C)(C)N. The van der Waals surface area contributed by atoms with Gasteiger partial charge in [-0.05, 0) is 19.8 Å². The van der Waals surface area contributed by atoms with Crippen LogP contribution in [-0.4, -0.2) is 42.7 Å². The lowest BCUT2D eigenvalue weighted by molar-refractivity contribution is 0.103. The van der Waals surface area contributed by atoms with Crippen LogP contribution in [0.3, 0.4) is 0 Å². The molecule has 1 heterocycles. The molecule has 0 aliphatic carbocycles. The molecule has 0 saturated carbocycles. The summed E-state index contributed by atoms with van der Waals surface area (Å²) in [6.45, 7) is 13.1. The molecule has 1 rings (SSSR count). The molecular formula is C11H25N3. The van der Waals surface area contributed by atoms with E-state index in [1.165, 1.54) is 0 Å². The second kappa shape index (κ2) is 4.60. The molecule has 0 amide bonds. The zero-order valence-electron chi connectivity index (χ0n) is 10.0. The van der Waals surface area contributed by atoms with Crippen molar-refractivity contribution in [1.29, 1.82) is 0 Å². The molecule has 0 aromatic heterocycles.